The zero-order chi connectivity index (χ0) is 22.2. The van der Waals surface area contributed by atoms with Crippen LogP contribution in [-0.4, -0.2) is 28.8 Å². The minimum atomic E-state index is -1.26. The van der Waals surface area contributed by atoms with E-state index >= 15 is 0 Å². The van der Waals surface area contributed by atoms with Crippen molar-refractivity contribution in [2.24, 2.45) is 0 Å². The molecule has 2 aromatic carbocycles. The molecule has 0 saturated carbocycles. The molecule has 1 heterocycles. The molecule has 0 radical (unpaired) electrons. The van der Waals surface area contributed by atoms with Crippen molar-refractivity contribution in [1.82, 2.24) is 10.3 Å². The first kappa shape index (κ1) is 21.1. The van der Waals surface area contributed by atoms with Crippen LogP contribution in [0.15, 0.2) is 53.9 Å². The molecule has 160 valence electrons. The molecule has 0 spiro atoms. The number of aliphatic carboxylic acids is 1. The van der Waals surface area contributed by atoms with E-state index in [1.54, 1.807) is 5.38 Å². The average molecular weight is 437 g/mol. The van der Waals surface area contributed by atoms with Crippen LogP contribution in [0.5, 0.6) is 0 Å². The van der Waals surface area contributed by atoms with Crippen molar-refractivity contribution in [2.75, 3.05) is 6.61 Å². The normalized spacial score (nSPS) is 13.9. The Kier molecular flexibility index (Phi) is 5.54. The third kappa shape index (κ3) is 4.18. The lowest BCUT2D eigenvalue weighted by atomic mass is 9.98. The molecule has 0 saturated heterocycles. The maximum atomic E-state index is 12.5. The van der Waals surface area contributed by atoms with E-state index in [1.165, 1.54) is 11.3 Å². The third-order valence-electron chi connectivity index (χ3n) is 5.31. The molecule has 7 heteroatoms. The van der Waals surface area contributed by atoms with Gasteiger partial charge in [-0.2, -0.15) is 0 Å². The Hall–Kier alpha value is -3.19. The van der Waals surface area contributed by atoms with Gasteiger partial charge in [0.05, 0.1) is 10.7 Å². The molecule has 31 heavy (non-hydrogen) atoms. The number of carbonyl (C=O) groups excluding carboxylic acids is 1. The topological polar surface area (TPSA) is 88.5 Å². The number of rotatable bonds is 5. The van der Waals surface area contributed by atoms with Gasteiger partial charge >= 0.3 is 12.1 Å². The highest BCUT2D eigenvalue weighted by molar-refractivity contribution is 7.09. The summed E-state index contributed by atoms with van der Waals surface area (Å²) in [6.45, 7) is 6.13. The summed E-state index contributed by atoms with van der Waals surface area (Å²) < 4.78 is 5.48. The molecule has 6 nitrogen and oxygen atoms in total. The Morgan fingerprint density at radius 1 is 1.10 bits per heavy atom. The van der Waals surface area contributed by atoms with E-state index in [1.807, 2.05) is 57.2 Å². The van der Waals surface area contributed by atoms with Gasteiger partial charge in [0.1, 0.15) is 6.61 Å². The minimum absolute atomic E-state index is 0.0896. The Labute approximate surface area is 184 Å². The van der Waals surface area contributed by atoms with Gasteiger partial charge in [-0.1, -0.05) is 69.3 Å². The molecule has 1 amide bonds. The van der Waals surface area contributed by atoms with Crippen LogP contribution < -0.4 is 5.32 Å². The van der Waals surface area contributed by atoms with Gasteiger partial charge in [0.15, 0.2) is 6.04 Å². The highest BCUT2D eigenvalue weighted by Gasteiger charge is 2.31. The van der Waals surface area contributed by atoms with Crippen LogP contribution in [0.3, 0.4) is 0 Å². The van der Waals surface area contributed by atoms with Gasteiger partial charge in [0.2, 0.25) is 0 Å². The number of thiazole rings is 1. The zero-order valence-corrected chi connectivity index (χ0v) is 18.4. The molecule has 1 aliphatic carbocycles. The van der Waals surface area contributed by atoms with Crippen molar-refractivity contribution < 1.29 is 19.4 Å². The average Bonchev–Trinajstić information content (AvgIpc) is 3.34. The number of ether oxygens (including phenoxy) is 1. The van der Waals surface area contributed by atoms with Crippen LogP contribution in [0.2, 0.25) is 0 Å². The molecule has 4 rings (SSSR count). The van der Waals surface area contributed by atoms with Gasteiger partial charge in [-0.3, -0.25) is 0 Å². The van der Waals surface area contributed by atoms with Gasteiger partial charge in [-0.05, 0) is 22.3 Å². The smallest absolute Gasteiger partial charge is 0.408 e. The van der Waals surface area contributed by atoms with Crippen molar-refractivity contribution in [3.63, 3.8) is 0 Å². The number of alkyl carbamates (subject to hydrolysis) is 1. The van der Waals surface area contributed by atoms with E-state index in [9.17, 15) is 14.7 Å². The second-order valence-corrected chi connectivity index (χ2v) is 9.43. The van der Waals surface area contributed by atoms with Gasteiger partial charge < -0.3 is 15.2 Å². The SMILES string of the molecule is CC(C)(C)c1nc(C(NC(=O)OCC2c3ccccc3-c3ccccc32)C(=O)O)cs1. The summed E-state index contributed by atoms with van der Waals surface area (Å²) in [5, 5.41) is 14.6. The molecule has 3 aromatic rings. The van der Waals surface area contributed by atoms with Crippen molar-refractivity contribution in [3.8, 4) is 11.1 Å². The lowest BCUT2D eigenvalue weighted by Gasteiger charge is -2.17. The molecule has 1 aromatic heterocycles. The van der Waals surface area contributed by atoms with Crippen molar-refractivity contribution in [3.05, 3.63) is 75.7 Å². The van der Waals surface area contributed by atoms with Crippen LogP contribution in [0.25, 0.3) is 11.1 Å². The number of fused-ring (bicyclic) bond motifs is 3. The monoisotopic (exact) mass is 436 g/mol. The standard InChI is InChI=1S/C24H24N2O4S/c1-24(2,3)22-25-19(13-31-22)20(21(27)28)26-23(29)30-12-18-16-10-6-4-8-14(16)15-9-5-7-11-17(15)18/h4-11,13,18,20H,12H2,1-3H3,(H,26,29)(H,27,28). The fourth-order valence-corrected chi connectivity index (χ4v) is 4.72. The van der Waals surface area contributed by atoms with Gasteiger partial charge in [-0.15, -0.1) is 11.3 Å². The lowest BCUT2D eigenvalue weighted by molar-refractivity contribution is -0.139. The number of carbonyl (C=O) groups is 2. The number of carboxylic acid groups (broad SMARTS) is 1. The third-order valence-corrected chi connectivity index (χ3v) is 6.60. The summed E-state index contributed by atoms with van der Waals surface area (Å²) in [4.78, 5) is 28.7. The lowest BCUT2D eigenvalue weighted by Crippen LogP contribution is -2.35. The Morgan fingerprint density at radius 3 is 2.19 bits per heavy atom. The molecule has 1 aliphatic rings. The van der Waals surface area contributed by atoms with Crippen LogP contribution in [0.4, 0.5) is 4.79 Å². The predicted molar refractivity (Wildman–Crippen MR) is 119 cm³/mol. The fraction of sp³-hybridized carbons (Fsp3) is 0.292. The van der Waals surface area contributed by atoms with Gasteiger partial charge in [-0.25, -0.2) is 14.6 Å². The molecule has 0 aliphatic heterocycles. The van der Waals surface area contributed by atoms with Crippen LogP contribution in [0.1, 0.15) is 54.6 Å². The van der Waals surface area contributed by atoms with E-state index in [-0.39, 0.29) is 17.9 Å². The molecule has 2 N–H and O–H groups in total. The number of carboxylic acids is 1. The Balaban J connectivity index is 1.47. The van der Waals surface area contributed by atoms with Gasteiger partial charge in [0, 0.05) is 16.7 Å². The molecular weight excluding hydrogens is 412 g/mol. The summed E-state index contributed by atoms with van der Waals surface area (Å²) in [6.07, 6.45) is -0.778. The molecule has 1 unspecified atom stereocenters. The highest BCUT2D eigenvalue weighted by atomic mass is 32.1. The van der Waals surface area contributed by atoms with E-state index < -0.39 is 18.1 Å². The van der Waals surface area contributed by atoms with Crippen LogP contribution in [-0.2, 0) is 14.9 Å². The second kappa shape index (κ2) is 8.15. The Morgan fingerprint density at radius 2 is 1.68 bits per heavy atom. The first-order valence-corrected chi connectivity index (χ1v) is 10.9. The maximum absolute atomic E-state index is 12.5. The fourth-order valence-electron chi connectivity index (χ4n) is 3.78. The van der Waals surface area contributed by atoms with E-state index in [4.69, 9.17) is 4.74 Å². The van der Waals surface area contributed by atoms with Crippen molar-refractivity contribution >= 4 is 23.4 Å². The summed E-state index contributed by atoms with van der Waals surface area (Å²) in [5.41, 5.74) is 4.56. The quantitative estimate of drug-likeness (QED) is 0.581. The van der Waals surface area contributed by atoms with E-state index in [0.29, 0.717) is 5.69 Å². The number of hydrogen-bond donors (Lipinski definition) is 2. The van der Waals surface area contributed by atoms with E-state index in [2.05, 4.69) is 22.4 Å². The summed E-state index contributed by atoms with van der Waals surface area (Å²) >= 11 is 1.38. The summed E-state index contributed by atoms with van der Waals surface area (Å²) in [5.74, 6) is -1.27. The number of benzene rings is 2. The molecule has 0 fully saturated rings. The number of hydrogen-bond acceptors (Lipinski definition) is 5. The first-order chi connectivity index (χ1) is 14.8. The number of nitrogens with zero attached hydrogens (tertiary/aromatic N) is 1. The number of nitrogens with one attached hydrogen (secondary N) is 1. The Bertz CT molecular complexity index is 1090. The largest absolute Gasteiger partial charge is 0.479 e. The van der Waals surface area contributed by atoms with Crippen molar-refractivity contribution in [2.45, 2.75) is 38.1 Å². The van der Waals surface area contributed by atoms with E-state index in [0.717, 1.165) is 27.3 Å². The zero-order valence-electron chi connectivity index (χ0n) is 17.6. The molecule has 0 bridgehead atoms. The summed E-state index contributed by atoms with van der Waals surface area (Å²) in [6, 6.07) is 14.8. The number of amides is 1. The minimum Gasteiger partial charge on any atom is -0.479 e. The first-order valence-electron chi connectivity index (χ1n) is 10.1. The summed E-state index contributed by atoms with van der Waals surface area (Å²) in [7, 11) is 0. The van der Waals surface area contributed by atoms with Gasteiger partial charge in [0.25, 0.3) is 0 Å². The van der Waals surface area contributed by atoms with Crippen LogP contribution in [0, 0.1) is 0 Å². The number of aromatic nitrogens is 1. The van der Waals surface area contributed by atoms with Crippen molar-refractivity contribution in [1.29, 1.82) is 0 Å². The molecule has 1 atom stereocenters. The highest BCUT2D eigenvalue weighted by Crippen LogP contribution is 2.44. The predicted octanol–water partition coefficient (Wildman–Crippen LogP) is 5.11. The molecular formula is C24H24N2O4S. The maximum Gasteiger partial charge on any atom is 0.408 e. The second-order valence-electron chi connectivity index (χ2n) is 8.57. The van der Waals surface area contributed by atoms with Crippen LogP contribution >= 0.6 is 11.3 Å².